The minimum absolute atomic E-state index is 0.0398. The van der Waals surface area contributed by atoms with Crippen LogP contribution in [-0.2, 0) is 22.7 Å². The van der Waals surface area contributed by atoms with Crippen LogP contribution in [0.15, 0.2) is 12.1 Å². The van der Waals surface area contributed by atoms with Crippen molar-refractivity contribution in [1.29, 1.82) is 5.26 Å². The zero-order chi connectivity index (χ0) is 38.8. The smallest absolute Gasteiger partial charge is 0.412 e. The topological polar surface area (TPSA) is 153 Å². The van der Waals surface area contributed by atoms with E-state index in [0.29, 0.717) is 39.9 Å². The number of hydrogen-bond donors (Lipinski definition) is 2. The second kappa shape index (κ2) is 14.3. The standard InChI is InChI=1S/C38H40F3N7O6S/c1-38(2,3)54-36(49)45-34-22(13-42)27-26(55-34)9-8-25(40)30(27)28-23-17-52-18-24(23)29-32(31(28)41)43-35(53-16-21-5-4-11-46(21)12-10-39)44-33(29)48-19-6-7-20(48)15-47(14-19)37(50)51/h8-9,19-21H,4-7,10-12,14-18H2,1-3H3,(H,45,49)(H,50,51)/t19?,20?,21-/m0/s1. The van der Waals surface area contributed by atoms with Crippen molar-refractivity contribution in [3.63, 3.8) is 0 Å². The Bertz CT molecular complexity index is 2240. The average molecular weight is 780 g/mol. The maximum atomic E-state index is 17.7. The van der Waals surface area contributed by atoms with Crippen molar-refractivity contribution in [3.05, 3.63) is 40.5 Å². The molecule has 2 amide bonds. The molecule has 2 N–H and O–H groups in total. The summed E-state index contributed by atoms with van der Waals surface area (Å²) < 4.78 is 65.3. The number of nitrogens with zero attached hydrogens (tertiary/aromatic N) is 6. The summed E-state index contributed by atoms with van der Waals surface area (Å²) in [7, 11) is 0. The first-order valence-electron chi connectivity index (χ1n) is 18.3. The summed E-state index contributed by atoms with van der Waals surface area (Å²) in [6.07, 6.45) is 1.22. The molecule has 6 heterocycles. The second-order valence-corrected chi connectivity index (χ2v) is 16.4. The molecule has 3 saturated heterocycles. The van der Waals surface area contributed by atoms with Gasteiger partial charge in [0.2, 0.25) is 0 Å². The molecular formula is C38H40F3N7O6S. The molecule has 4 aromatic rings. The molecule has 2 aromatic heterocycles. The number of fused-ring (bicyclic) bond motifs is 6. The lowest BCUT2D eigenvalue weighted by Gasteiger charge is -2.41. The number of carboxylic acid groups (broad SMARTS) is 1. The van der Waals surface area contributed by atoms with Crippen LogP contribution < -0.4 is 15.0 Å². The van der Waals surface area contributed by atoms with Crippen molar-refractivity contribution in [2.45, 2.75) is 83.4 Å². The predicted octanol–water partition coefficient (Wildman–Crippen LogP) is 7.18. The van der Waals surface area contributed by atoms with E-state index in [0.717, 1.165) is 30.7 Å². The number of carbonyl (C=O) groups excluding carboxylic acids is 1. The summed E-state index contributed by atoms with van der Waals surface area (Å²) in [6.45, 7) is 6.15. The summed E-state index contributed by atoms with van der Waals surface area (Å²) in [4.78, 5) is 39.7. The number of rotatable bonds is 8. The highest BCUT2D eigenvalue weighted by atomic mass is 32.1. The zero-order valence-electron chi connectivity index (χ0n) is 30.6. The van der Waals surface area contributed by atoms with E-state index in [2.05, 4.69) is 16.4 Å². The highest BCUT2D eigenvalue weighted by Crippen LogP contribution is 2.49. The number of nitrogens with one attached hydrogen (secondary N) is 1. The van der Waals surface area contributed by atoms with Crippen LogP contribution in [0.1, 0.15) is 63.1 Å². The molecule has 55 heavy (non-hydrogen) atoms. The largest absolute Gasteiger partial charge is 0.465 e. The Morgan fingerprint density at radius 1 is 1.09 bits per heavy atom. The number of anilines is 2. The lowest BCUT2D eigenvalue weighted by molar-refractivity contribution is 0.0636. The fourth-order valence-corrected chi connectivity index (χ4v) is 9.61. The average Bonchev–Trinajstić information content (AvgIpc) is 3.92. The lowest BCUT2D eigenvalue weighted by atomic mass is 9.90. The maximum Gasteiger partial charge on any atom is 0.412 e. The molecule has 3 fully saturated rings. The summed E-state index contributed by atoms with van der Waals surface area (Å²) in [5, 5.41) is 23.4. The number of benzene rings is 2. The Hall–Kier alpha value is -4.92. The number of amides is 2. The van der Waals surface area contributed by atoms with Crippen molar-refractivity contribution in [2.24, 2.45) is 0 Å². The number of piperazine rings is 1. The van der Waals surface area contributed by atoms with E-state index in [4.69, 9.17) is 19.2 Å². The molecule has 0 saturated carbocycles. The number of nitriles is 1. The number of alkyl halides is 1. The van der Waals surface area contributed by atoms with Gasteiger partial charge in [0.1, 0.15) is 47.1 Å². The quantitative estimate of drug-likeness (QED) is 0.187. The van der Waals surface area contributed by atoms with Gasteiger partial charge in [-0.15, -0.1) is 11.3 Å². The van der Waals surface area contributed by atoms with Crippen molar-refractivity contribution in [1.82, 2.24) is 19.8 Å². The fourth-order valence-electron chi connectivity index (χ4n) is 8.57. The number of hydrogen-bond acceptors (Lipinski definition) is 11. The molecule has 2 unspecified atom stereocenters. The molecule has 0 radical (unpaired) electrons. The van der Waals surface area contributed by atoms with Crippen LogP contribution in [0.2, 0.25) is 0 Å². The van der Waals surface area contributed by atoms with Crippen LogP contribution in [0.25, 0.3) is 32.1 Å². The number of carbonyl (C=O) groups is 2. The van der Waals surface area contributed by atoms with Gasteiger partial charge in [0.15, 0.2) is 5.82 Å². The Balaban J connectivity index is 1.31. The summed E-state index contributed by atoms with van der Waals surface area (Å²) in [5.74, 6) is -1.28. The third-order valence-corrected chi connectivity index (χ3v) is 11.9. The van der Waals surface area contributed by atoms with Gasteiger partial charge in [-0.25, -0.2) is 22.8 Å². The molecule has 13 nitrogen and oxygen atoms in total. The van der Waals surface area contributed by atoms with E-state index in [1.165, 1.54) is 17.0 Å². The summed E-state index contributed by atoms with van der Waals surface area (Å²) >= 11 is 1.04. The van der Waals surface area contributed by atoms with Crippen LogP contribution in [0.5, 0.6) is 6.01 Å². The Kier molecular flexibility index (Phi) is 9.63. The van der Waals surface area contributed by atoms with Crippen LogP contribution >= 0.6 is 11.3 Å². The molecule has 0 spiro atoms. The molecular weight excluding hydrogens is 740 g/mol. The highest BCUT2D eigenvalue weighted by Gasteiger charge is 2.44. The first-order valence-corrected chi connectivity index (χ1v) is 19.2. The SMILES string of the molecule is CC(C)(C)OC(=O)Nc1sc2ccc(F)c(-c3c4c(c5c(N6C7CCC6CN(C(=O)O)C7)nc(OC[C@@H]6CCCN6CCF)nc5c3F)COC4)c2c1C#N. The van der Waals surface area contributed by atoms with E-state index in [1.54, 1.807) is 20.8 Å². The molecule has 2 aromatic carbocycles. The number of thiophene rings is 1. The number of likely N-dealkylation sites (tertiary alicyclic amines) is 2. The van der Waals surface area contributed by atoms with E-state index in [1.807, 2.05) is 9.80 Å². The molecule has 290 valence electrons. The van der Waals surface area contributed by atoms with Crippen molar-refractivity contribution in [3.8, 4) is 23.2 Å². The summed E-state index contributed by atoms with van der Waals surface area (Å²) in [6, 6.07) is 4.05. The summed E-state index contributed by atoms with van der Waals surface area (Å²) in [5.41, 5.74) is -0.386. The van der Waals surface area contributed by atoms with Gasteiger partial charge in [-0.2, -0.15) is 15.2 Å². The fraction of sp³-hybridized carbons (Fsp3) is 0.500. The van der Waals surface area contributed by atoms with Crippen LogP contribution in [-0.4, -0.2) is 100 Å². The molecule has 2 bridgehead atoms. The monoisotopic (exact) mass is 779 g/mol. The van der Waals surface area contributed by atoms with Gasteiger partial charge in [-0.1, -0.05) is 0 Å². The predicted molar refractivity (Wildman–Crippen MR) is 198 cm³/mol. The van der Waals surface area contributed by atoms with Gasteiger partial charge in [-0.05, 0) is 76.3 Å². The van der Waals surface area contributed by atoms with E-state index < -0.39 is 36.1 Å². The van der Waals surface area contributed by atoms with Crippen LogP contribution in [0.3, 0.4) is 0 Å². The Morgan fingerprint density at radius 3 is 2.53 bits per heavy atom. The van der Waals surface area contributed by atoms with Crippen molar-refractivity contribution >= 4 is 55.3 Å². The molecule has 0 aliphatic carbocycles. The minimum Gasteiger partial charge on any atom is -0.465 e. The molecule has 4 aliphatic heterocycles. The Morgan fingerprint density at radius 2 is 1.84 bits per heavy atom. The van der Waals surface area contributed by atoms with E-state index >= 15 is 8.78 Å². The lowest BCUT2D eigenvalue weighted by Crippen LogP contribution is -2.55. The second-order valence-electron chi connectivity index (χ2n) is 15.3. The first-order chi connectivity index (χ1) is 26.4. The third-order valence-electron chi connectivity index (χ3n) is 10.8. The third kappa shape index (κ3) is 6.63. The van der Waals surface area contributed by atoms with Gasteiger partial charge in [-0.3, -0.25) is 10.2 Å². The molecule has 17 heteroatoms. The number of aromatic nitrogens is 2. The van der Waals surface area contributed by atoms with Crippen molar-refractivity contribution in [2.75, 3.05) is 49.7 Å². The molecule has 8 rings (SSSR count). The van der Waals surface area contributed by atoms with Crippen molar-refractivity contribution < 1.29 is 42.1 Å². The van der Waals surface area contributed by atoms with Crippen LogP contribution in [0.4, 0.5) is 33.6 Å². The zero-order valence-corrected chi connectivity index (χ0v) is 31.4. The van der Waals surface area contributed by atoms with E-state index in [-0.39, 0.29) is 96.2 Å². The van der Waals surface area contributed by atoms with Gasteiger partial charge < -0.3 is 29.1 Å². The van der Waals surface area contributed by atoms with Gasteiger partial charge in [0.05, 0.1) is 24.2 Å². The van der Waals surface area contributed by atoms with Gasteiger partial charge >= 0.3 is 18.2 Å². The molecule has 3 atom stereocenters. The number of halogens is 3. The van der Waals surface area contributed by atoms with E-state index in [9.17, 15) is 24.3 Å². The van der Waals surface area contributed by atoms with Gasteiger partial charge in [0, 0.05) is 59.0 Å². The normalized spacial score (nSPS) is 21.0. The minimum atomic E-state index is -1.02. The first kappa shape index (κ1) is 37.0. The maximum absolute atomic E-state index is 17.7. The van der Waals surface area contributed by atoms with Crippen LogP contribution in [0, 0.1) is 23.0 Å². The number of ether oxygens (including phenoxy) is 3. The highest BCUT2D eigenvalue weighted by molar-refractivity contribution is 7.23. The molecule has 4 aliphatic rings. The van der Waals surface area contributed by atoms with Gasteiger partial charge in [0.25, 0.3) is 0 Å². The Labute approximate surface area is 318 Å².